The van der Waals surface area contributed by atoms with Crippen molar-refractivity contribution in [3.8, 4) is 0 Å². The molecule has 2 rings (SSSR count). The van der Waals surface area contributed by atoms with Crippen LogP contribution in [0.15, 0.2) is 42.5 Å². The number of amides is 1. The van der Waals surface area contributed by atoms with Gasteiger partial charge in [0.25, 0.3) is 5.91 Å². The van der Waals surface area contributed by atoms with E-state index >= 15 is 0 Å². The van der Waals surface area contributed by atoms with Crippen LogP contribution in [0.5, 0.6) is 0 Å². The van der Waals surface area contributed by atoms with Crippen LogP contribution in [0.4, 0.5) is 0 Å². The second-order valence-electron chi connectivity index (χ2n) is 4.24. The van der Waals surface area contributed by atoms with Crippen LogP contribution in [-0.2, 0) is 0 Å². The fourth-order valence-electron chi connectivity index (χ4n) is 1.99. The summed E-state index contributed by atoms with van der Waals surface area (Å²) in [4.78, 5) is 12.1. The van der Waals surface area contributed by atoms with E-state index in [1.807, 2.05) is 49.5 Å². The number of carbonyl (C=O) groups is 1. The monoisotopic (exact) mass is 242 g/mol. The number of carbonyl (C=O) groups excluding carboxylic acids is 1. The molecule has 18 heavy (non-hydrogen) atoms. The highest BCUT2D eigenvalue weighted by atomic mass is 16.1. The predicted octanol–water partition coefficient (Wildman–Crippen LogP) is 2.18. The number of nitrogens with one attached hydrogen (secondary N) is 2. The molecule has 0 heterocycles. The Morgan fingerprint density at radius 3 is 2.67 bits per heavy atom. The fraction of sp³-hybridized carbons (Fsp3) is 0.267. The van der Waals surface area contributed by atoms with Crippen molar-refractivity contribution in [1.29, 1.82) is 0 Å². The topological polar surface area (TPSA) is 41.1 Å². The highest BCUT2D eigenvalue weighted by Crippen LogP contribution is 2.18. The van der Waals surface area contributed by atoms with Gasteiger partial charge in [0.15, 0.2) is 0 Å². The lowest BCUT2D eigenvalue weighted by molar-refractivity contribution is 0.0955. The largest absolute Gasteiger partial charge is 0.352 e. The first kappa shape index (κ1) is 12.6. The lowest BCUT2D eigenvalue weighted by Gasteiger charge is -2.07. The summed E-state index contributed by atoms with van der Waals surface area (Å²) in [5.41, 5.74) is 0.748. The fourth-order valence-corrected chi connectivity index (χ4v) is 1.99. The molecule has 0 bridgehead atoms. The second-order valence-corrected chi connectivity index (χ2v) is 4.24. The molecule has 0 aliphatic heterocycles. The van der Waals surface area contributed by atoms with Crippen molar-refractivity contribution in [1.82, 2.24) is 10.6 Å². The van der Waals surface area contributed by atoms with Crippen molar-refractivity contribution in [2.75, 3.05) is 20.1 Å². The molecule has 0 radical (unpaired) electrons. The third kappa shape index (κ3) is 2.87. The average molecular weight is 242 g/mol. The molecule has 2 aromatic rings. The van der Waals surface area contributed by atoms with Crippen molar-refractivity contribution in [2.45, 2.75) is 6.42 Å². The third-order valence-electron chi connectivity index (χ3n) is 2.92. The predicted molar refractivity (Wildman–Crippen MR) is 74.8 cm³/mol. The van der Waals surface area contributed by atoms with Gasteiger partial charge in [-0.3, -0.25) is 4.79 Å². The maximum atomic E-state index is 12.1. The standard InChI is InChI=1S/C15H18N2O/c1-16-10-5-11-17-15(18)14-9-4-7-12-6-2-3-8-13(12)14/h2-4,6-9,16H,5,10-11H2,1H3,(H,17,18). The molecule has 1 amide bonds. The Bertz CT molecular complexity index is 532. The van der Waals surface area contributed by atoms with E-state index in [1.165, 1.54) is 0 Å². The molecule has 2 aromatic carbocycles. The van der Waals surface area contributed by atoms with Crippen LogP contribution in [0, 0.1) is 0 Å². The van der Waals surface area contributed by atoms with Crippen molar-refractivity contribution < 1.29 is 4.79 Å². The van der Waals surface area contributed by atoms with Gasteiger partial charge in [0, 0.05) is 12.1 Å². The Balaban J connectivity index is 2.13. The number of rotatable bonds is 5. The van der Waals surface area contributed by atoms with Crippen molar-refractivity contribution in [3.05, 3.63) is 48.0 Å². The minimum atomic E-state index is 0.00269. The molecule has 0 spiro atoms. The van der Waals surface area contributed by atoms with Gasteiger partial charge < -0.3 is 10.6 Å². The third-order valence-corrected chi connectivity index (χ3v) is 2.92. The van der Waals surface area contributed by atoms with Crippen LogP contribution < -0.4 is 10.6 Å². The summed E-state index contributed by atoms with van der Waals surface area (Å²) in [6, 6.07) is 13.8. The SMILES string of the molecule is CNCCCNC(=O)c1cccc2ccccc12. The molecule has 0 aliphatic rings. The zero-order chi connectivity index (χ0) is 12.8. The van der Waals surface area contributed by atoms with Gasteiger partial charge in [0.05, 0.1) is 0 Å². The summed E-state index contributed by atoms with van der Waals surface area (Å²) in [6.07, 6.45) is 0.938. The Morgan fingerprint density at radius 1 is 1.06 bits per heavy atom. The highest BCUT2D eigenvalue weighted by Gasteiger charge is 2.08. The Hall–Kier alpha value is -1.87. The Morgan fingerprint density at radius 2 is 1.83 bits per heavy atom. The molecular formula is C15H18N2O. The van der Waals surface area contributed by atoms with E-state index in [0.29, 0.717) is 6.54 Å². The summed E-state index contributed by atoms with van der Waals surface area (Å²) in [6.45, 7) is 1.61. The van der Waals surface area contributed by atoms with Gasteiger partial charge in [-0.2, -0.15) is 0 Å². The summed E-state index contributed by atoms with van der Waals surface area (Å²) < 4.78 is 0. The molecule has 0 atom stereocenters. The molecule has 0 aliphatic carbocycles. The van der Waals surface area contributed by atoms with Gasteiger partial charge in [-0.15, -0.1) is 0 Å². The average Bonchev–Trinajstić information content (AvgIpc) is 2.43. The summed E-state index contributed by atoms with van der Waals surface area (Å²) in [5, 5.41) is 8.11. The molecular weight excluding hydrogens is 224 g/mol. The lowest BCUT2D eigenvalue weighted by atomic mass is 10.0. The smallest absolute Gasteiger partial charge is 0.251 e. The first-order valence-electron chi connectivity index (χ1n) is 6.23. The van der Waals surface area contributed by atoms with E-state index in [4.69, 9.17) is 0 Å². The molecule has 94 valence electrons. The molecule has 2 N–H and O–H groups in total. The van der Waals surface area contributed by atoms with Gasteiger partial charge in [0.2, 0.25) is 0 Å². The van der Waals surface area contributed by atoms with E-state index in [2.05, 4.69) is 10.6 Å². The van der Waals surface area contributed by atoms with Crippen LogP contribution in [0.1, 0.15) is 16.8 Å². The van der Waals surface area contributed by atoms with Crippen LogP contribution >= 0.6 is 0 Å². The quantitative estimate of drug-likeness (QED) is 0.789. The Labute approximate surface area is 107 Å². The van der Waals surface area contributed by atoms with Crippen LogP contribution in [0.3, 0.4) is 0 Å². The van der Waals surface area contributed by atoms with E-state index in [-0.39, 0.29) is 5.91 Å². The maximum absolute atomic E-state index is 12.1. The van der Waals surface area contributed by atoms with E-state index in [0.717, 1.165) is 29.3 Å². The van der Waals surface area contributed by atoms with Gasteiger partial charge in [0.1, 0.15) is 0 Å². The van der Waals surface area contributed by atoms with Crippen molar-refractivity contribution in [3.63, 3.8) is 0 Å². The summed E-state index contributed by atoms with van der Waals surface area (Å²) >= 11 is 0. The molecule has 0 unspecified atom stereocenters. The molecule has 0 saturated carbocycles. The van der Waals surface area contributed by atoms with Crippen molar-refractivity contribution in [2.24, 2.45) is 0 Å². The number of benzene rings is 2. The molecule has 3 heteroatoms. The maximum Gasteiger partial charge on any atom is 0.251 e. The molecule has 0 saturated heterocycles. The van der Waals surface area contributed by atoms with Crippen LogP contribution in [0.2, 0.25) is 0 Å². The van der Waals surface area contributed by atoms with E-state index in [9.17, 15) is 4.79 Å². The van der Waals surface area contributed by atoms with Crippen LogP contribution in [0.25, 0.3) is 10.8 Å². The van der Waals surface area contributed by atoms with E-state index < -0.39 is 0 Å². The summed E-state index contributed by atoms with van der Waals surface area (Å²) in [5.74, 6) is 0.00269. The second kappa shape index (κ2) is 6.17. The van der Waals surface area contributed by atoms with Crippen LogP contribution in [-0.4, -0.2) is 26.0 Å². The highest BCUT2D eigenvalue weighted by molar-refractivity contribution is 6.06. The van der Waals surface area contributed by atoms with Gasteiger partial charge in [-0.05, 0) is 36.9 Å². The van der Waals surface area contributed by atoms with E-state index in [1.54, 1.807) is 0 Å². The molecule has 3 nitrogen and oxygen atoms in total. The zero-order valence-corrected chi connectivity index (χ0v) is 10.6. The van der Waals surface area contributed by atoms with Gasteiger partial charge in [-0.25, -0.2) is 0 Å². The normalized spacial score (nSPS) is 10.5. The molecule has 0 fully saturated rings. The minimum Gasteiger partial charge on any atom is -0.352 e. The zero-order valence-electron chi connectivity index (χ0n) is 10.6. The number of hydrogen-bond donors (Lipinski definition) is 2. The molecule has 0 aromatic heterocycles. The van der Waals surface area contributed by atoms with Gasteiger partial charge in [-0.1, -0.05) is 36.4 Å². The minimum absolute atomic E-state index is 0.00269. The number of fused-ring (bicyclic) bond motifs is 1. The van der Waals surface area contributed by atoms with Crippen molar-refractivity contribution >= 4 is 16.7 Å². The van der Waals surface area contributed by atoms with Gasteiger partial charge >= 0.3 is 0 Å². The first-order chi connectivity index (χ1) is 8.83. The number of hydrogen-bond acceptors (Lipinski definition) is 2. The summed E-state index contributed by atoms with van der Waals surface area (Å²) in [7, 11) is 1.91. The Kier molecular flexibility index (Phi) is 4.31. The first-order valence-corrected chi connectivity index (χ1v) is 6.23. The lowest BCUT2D eigenvalue weighted by Crippen LogP contribution is -2.26.